The van der Waals surface area contributed by atoms with E-state index in [9.17, 15) is 18.0 Å². The van der Waals surface area contributed by atoms with Crippen LogP contribution < -0.4 is 10.6 Å². The zero-order valence-corrected chi connectivity index (χ0v) is 18.9. The van der Waals surface area contributed by atoms with Crippen molar-refractivity contribution in [3.05, 3.63) is 87.1 Å². The van der Waals surface area contributed by atoms with E-state index in [0.29, 0.717) is 27.6 Å². The summed E-state index contributed by atoms with van der Waals surface area (Å²) < 4.78 is 24.5. The van der Waals surface area contributed by atoms with Gasteiger partial charge in [0.2, 0.25) is 0 Å². The molecule has 0 saturated carbocycles. The van der Waals surface area contributed by atoms with Crippen molar-refractivity contribution in [1.29, 1.82) is 0 Å². The van der Waals surface area contributed by atoms with Gasteiger partial charge in [-0.2, -0.15) is 0 Å². The summed E-state index contributed by atoms with van der Waals surface area (Å²) in [6.07, 6.45) is 0.302. The first-order chi connectivity index (χ1) is 14.8. The van der Waals surface area contributed by atoms with Crippen LogP contribution in [-0.2, 0) is 15.6 Å². The molecule has 0 radical (unpaired) electrons. The van der Waals surface area contributed by atoms with Crippen molar-refractivity contribution < 1.29 is 18.0 Å². The molecule has 3 rings (SSSR count). The van der Waals surface area contributed by atoms with Gasteiger partial charge in [-0.05, 0) is 41.6 Å². The Kier molecular flexibility index (Phi) is 7.84. The van der Waals surface area contributed by atoms with Gasteiger partial charge < -0.3 is 10.6 Å². The van der Waals surface area contributed by atoms with Gasteiger partial charge in [0.15, 0.2) is 9.84 Å². The van der Waals surface area contributed by atoms with Crippen molar-refractivity contribution in [3.8, 4) is 0 Å². The lowest BCUT2D eigenvalue weighted by Gasteiger charge is -2.10. The summed E-state index contributed by atoms with van der Waals surface area (Å²) in [5.74, 6) is -0.723. The summed E-state index contributed by atoms with van der Waals surface area (Å²) in [6, 6.07) is 17.0. The number of sulfone groups is 1. The highest BCUT2D eigenvalue weighted by molar-refractivity contribution is 7.90. The van der Waals surface area contributed by atoms with E-state index in [1.165, 1.54) is 23.5 Å². The monoisotopic (exact) mass is 476 g/mol. The summed E-state index contributed by atoms with van der Waals surface area (Å²) in [7, 11) is -3.26. The van der Waals surface area contributed by atoms with Crippen LogP contribution >= 0.6 is 22.9 Å². The van der Waals surface area contributed by atoms with Gasteiger partial charge in [-0.3, -0.25) is 9.59 Å². The maximum atomic E-state index is 12.4. The normalized spacial score (nSPS) is 11.1. The summed E-state index contributed by atoms with van der Waals surface area (Å²) in [6.45, 7) is 0.215. The fraction of sp³-hybridized carbons (Fsp3) is 0.182. The fourth-order valence-electron chi connectivity index (χ4n) is 2.85. The highest BCUT2D eigenvalue weighted by Gasteiger charge is 2.14. The van der Waals surface area contributed by atoms with E-state index in [0.717, 1.165) is 5.56 Å². The minimum atomic E-state index is -3.26. The Bertz CT molecular complexity index is 1150. The van der Waals surface area contributed by atoms with Gasteiger partial charge >= 0.3 is 0 Å². The molecule has 0 aliphatic heterocycles. The summed E-state index contributed by atoms with van der Waals surface area (Å²) in [5, 5.41) is 7.51. The maximum absolute atomic E-state index is 12.4. The van der Waals surface area contributed by atoms with E-state index in [1.54, 1.807) is 47.8 Å². The number of anilines is 1. The van der Waals surface area contributed by atoms with Crippen LogP contribution in [0.1, 0.15) is 32.0 Å². The zero-order chi connectivity index (χ0) is 22.3. The lowest BCUT2D eigenvalue weighted by atomic mass is 10.2. The van der Waals surface area contributed by atoms with Gasteiger partial charge in [-0.1, -0.05) is 48.0 Å². The van der Waals surface area contributed by atoms with Crippen molar-refractivity contribution in [1.82, 2.24) is 5.32 Å². The molecule has 0 aliphatic rings. The van der Waals surface area contributed by atoms with Crippen molar-refractivity contribution in [2.24, 2.45) is 0 Å². The summed E-state index contributed by atoms with van der Waals surface area (Å²) in [4.78, 5) is 25.2. The molecule has 0 unspecified atom stereocenters. The molecule has 31 heavy (non-hydrogen) atoms. The van der Waals surface area contributed by atoms with Crippen molar-refractivity contribution >= 4 is 50.3 Å². The predicted molar refractivity (Wildman–Crippen MR) is 125 cm³/mol. The van der Waals surface area contributed by atoms with Crippen molar-refractivity contribution in [3.63, 3.8) is 0 Å². The first-order valence-electron chi connectivity index (χ1n) is 9.51. The Hall–Kier alpha value is -2.68. The van der Waals surface area contributed by atoms with Crippen LogP contribution in [0.2, 0.25) is 5.02 Å². The smallest absolute Gasteiger partial charge is 0.265 e. The van der Waals surface area contributed by atoms with Crippen LogP contribution in [-0.4, -0.2) is 32.5 Å². The summed E-state index contributed by atoms with van der Waals surface area (Å²) >= 11 is 7.44. The minimum Gasteiger partial charge on any atom is -0.352 e. The third-order valence-corrected chi connectivity index (χ3v) is 7.25. The third-order valence-electron chi connectivity index (χ3n) is 4.37. The topological polar surface area (TPSA) is 92.3 Å². The molecule has 2 amide bonds. The van der Waals surface area contributed by atoms with Crippen LogP contribution in [0.4, 0.5) is 5.69 Å². The standard InChI is InChI=1S/C22H21ClN2O4S2/c23-18-10-9-17(14-19(18)25-22(27)20-8-4-12-30-20)21(26)24-11-5-13-31(28,29)15-16-6-2-1-3-7-16/h1-4,6-10,12,14H,5,11,13,15H2,(H,24,26)(H,25,27). The van der Waals surface area contributed by atoms with Gasteiger partial charge in [0.05, 0.1) is 27.1 Å². The van der Waals surface area contributed by atoms with Crippen LogP contribution in [0.5, 0.6) is 0 Å². The largest absolute Gasteiger partial charge is 0.352 e. The first kappa shape index (κ1) is 23.0. The second-order valence-electron chi connectivity index (χ2n) is 6.81. The van der Waals surface area contributed by atoms with Gasteiger partial charge in [0, 0.05) is 12.1 Å². The molecule has 2 aromatic carbocycles. The number of carbonyl (C=O) groups excluding carboxylic acids is 2. The minimum absolute atomic E-state index is 0.0216. The summed E-state index contributed by atoms with van der Waals surface area (Å²) in [5.41, 5.74) is 1.39. The molecule has 1 heterocycles. The average Bonchev–Trinajstić information content (AvgIpc) is 3.28. The van der Waals surface area contributed by atoms with E-state index in [-0.39, 0.29) is 29.9 Å². The second-order valence-corrected chi connectivity index (χ2v) is 10.4. The molecule has 162 valence electrons. The lowest BCUT2D eigenvalue weighted by molar-refractivity contribution is 0.0952. The van der Waals surface area contributed by atoms with Gasteiger partial charge in [-0.25, -0.2) is 8.42 Å². The Morgan fingerprint density at radius 2 is 1.74 bits per heavy atom. The lowest BCUT2D eigenvalue weighted by Crippen LogP contribution is -2.26. The Balaban J connectivity index is 1.52. The molecule has 1 aromatic heterocycles. The Labute approximate surface area is 190 Å². The predicted octanol–water partition coefficient (Wildman–Crippen LogP) is 4.39. The maximum Gasteiger partial charge on any atom is 0.265 e. The van der Waals surface area contributed by atoms with Crippen LogP contribution in [0.25, 0.3) is 0 Å². The molecule has 6 nitrogen and oxygen atoms in total. The number of carbonyl (C=O) groups is 2. The van der Waals surface area contributed by atoms with E-state index < -0.39 is 9.84 Å². The molecule has 0 atom stereocenters. The number of halogens is 1. The SMILES string of the molecule is O=C(NCCCS(=O)(=O)Cc1ccccc1)c1ccc(Cl)c(NC(=O)c2cccs2)c1. The molecule has 0 aliphatic carbocycles. The molecular formula is C22H21ClN2O4S2. The van der Waals surface area contributed by atoms with Crippen LogP contribution in [0.15, 0.2) is 66.0 Å². The molecule has 9 heteroatoms. The molecule has 0 spiro atoms. The van der Waals surface area contributed by atoms with Crippen molar-refractivity contribution in [2.45, 2.75) is 12.2 Å². The van der Waals surface area contributed by atoms with Crippen LogP contribution in [0, 0.1) is 0 Å². The third kappa shape index (κ3) is 6.92. The van der Waals surface area contributed by atoms with Gasteiger partial charge in [0.25, 0.3) is 11.8 Å². The first-order valence-corrected chi connectivity index (χ1v) is 12.6. The number of rotatable bonds is 9. The Morgan fingerprint density at radius 3 is 2.45 bits per heavy atom. The molecule has 0 bridgehead atoms. The molecule has 0 fully saturated rings. The van der Waals surface area contributed by atoms with E-state index in [1.807, 2.05) is 6.07 Å². The molecule has 0 saturated heterocycles. The average molecular weight is 477 g/mol. The number of thiophene rings is 1. The number of hydrogen-bond donors (Lipinski definition) is 2. The quantitative estimate of drug-likeness (QED) is 0.448. The zero-order valence-electron chi connectivity index (χ0n) is 16.5. The number of benzene rings is 2. The van der Waals surface area contributed by atoms with Crippen LogP contribution in [0.3, 0.4) is 0 Å². The van der Waals surface area contributed by atoms with Gasteiger partial charge in [0.1, 0.15) is 0 Å². The van der Waals surface area contributed by atoms with E-state index >= 15 is 0 Å². The number of amides is 2. The van der Waals surface area contributed by atoms with Gasteiger partial charge in [-0.15, -0.1) is 11.3 Å². The van der Waals surface area contributed by atoms with Crippen molar-refractivity contribution in [2.75, 3.05) is 17.6 Å². The van der Waals surface area contributed by atoms with E-state index in [2.05, 4.69) is 10.6 Å². The molecule has 3 aromatic rings. The number of nitrogens with one attached hydrogen (secondary N) is 2. The second kappa shape index (κ2) is 10.6. The highest BCUT2D eigenvalue weighted by atomic mass is 35.5. The highest BCUT2D eigenvalue weighted by Crippen LogP contribution is 2.24. The fourth-order valence-corrected chi connectivity index (χ4v) is 5.06. The number of hydrogen-bond acceptors (Lipinski definition) is 5. The molecule has 2 N–H and O–H groups in total. The Morgan fingerprint density at radius 1 is 0.968 bits per heavy atom. The van der Waals surface area contributed by atoms with E-state index in [4.69, 9.17) is 11.6 Å². The molecular weight excluding hydrogens is 456 g/mol.